The smallest absolute Gasteiger partial charge is 0.245 e. The van der Waals surface area contributed by atoms with Crippen LogP contribution in [0.1, 0.15) is 11.1 Å². The Morgan fingerprint density at radius 2 is 1.93 bits per heavy atom. The fourth-order valence-electron chi connectivity index (χ4n) is 3.74. The summed E-state index contributed by atoms with van der Waals surface area (Å²) in [5.41, 5.74) is 6.62. The van der Waals surface area contributed by atoms with Crippen LogP contribution in [0.25, 0.3) is 16.8 Å². The molecule has 7 nitrogen and oxygen atoms in total. The Labute approximate surface area is 169 Å². The maximum Gasteiger partial charge on any atom is 0.245 e. The first-order valence-electron chi connectivity index (χ1n) is 9.62. The van der Waals surface area contributed by atoms with Gasteiger partial charge in [0.2, 0.25) is 11.8 Å². The highest BCUT2D eigenvalue weighted by atomic mass is 16.5. The van der Waals surface area contributed by atoms with E-state index >= 15 is 0 Å². The van der Waals surface area contributed by atoms with E-state index in [0.29, 0.717) is 11.8 Å². The molecule has 1 aliphatic rings. The normalized spacial score (nSPS) is 14.0. The minimum Gasteiger partial charge on any atom is -0.481 e. The number of nitrogens with zero attached hydrogens (tertiary/aromatic N) is 5. The molecule has 0 radical (unpaired) electrons. The zero-order chi connectivity index (χ0) is 19.8. The molecule has 146 valence electrons. The molecule has 0 saturated carbocycles. The van der Waals surface area contributed by atoms with E-state index in [0.717, 1.165) is 42.0 Å². The Hall–Kier alpha value is -3.45. The van der Waals surface area contributed by atoms with Crippen molar-refractivity contribution in [2.45, 2.75) is 13.0 Å². The summed E-state index contributed by atoms with van der Waals surface area (Å²) in [7, 11) is 3.76. The lowest BCUT2D eigenvalue weighted by Gasteiger charge is -2.25. The van der Waals surface area contributed by atoms with Crippen LogP contribution in [0.5, 0.6) is 5.88 Å². The van der Waals surface area contributed by atoms with Crippen molar-refractivity contribution >= 4 is 17.2 Å². The van der Waals surface area contributed by atoms with Gasteiger partial charge in [-0.05, 0) is 54.9 Å². The van der Waals surface area contributed by atoms with Crippen molar-refractivity contribution in [3.63, 3.8) is 0 Å². The first-order chi connectivity index (χ1) is 14.2. The quantitative estimate of drug-likeness (QED) is 0.579. The molecule has 4 aromatic rings. The van der Waals surface area contributed by atoms with E-state index in [-0.39, 0.29) is 0 Å². The fourth-order valence-corrected chi connectivity index (χ4v) is 3.74. The molecule has 1 aromatic carbocycles. The second kappa shape index (κ2) is 7.18. The molecule has 5 rings (SSSR count). The molecule has 3 aromatic heterocycles. The molecule has 0 amide bonds. The molecule has 0 aliphatic carbocycles. The highest BCUT2D eigenvalue weighted by molar-refractivity contribution is 5.66. The van der Waals surface area contributed by atoms with E-state index in [4.69, 9.17) is 9.84 Å². The molecule has 0 bridgehead atoms. The molecular weight excluding hydrogens is 364 g/mol. The van der Waals surface area contributed by atoms with Gasteiger partial charge in [0.25, 0.3) is 0 Å². The predicted octanol–water partition coefficient (Wildman–Crippen LogP) is 3.53. The molecule has 0 saturated heterocycles. The summed E-state index contributed by atoms with van der Waals surface area (Å²) < 4.78 is 7.03. The minimum absolute atomic E-state index is 0.556. The summed E-state index contributed by atoms with van der Waals surface area (Å²) in [5.74, 6) is 1.14. The molecule has 7 heteroatoms. The Kier molecular flexibility index (Phi) is 4.37. The number of ether oxygens (including phenoxy) is 1. The molecule has 29 heavy (non-hydrogen) atoms. The van der Waals surface area contributed by atoms with E-state index in [1.807, 2.05) is 35.0 Å². The predicted molar refractivity (Wildman–Crippen MR) is 113 cm³/mol. The molecule has 4 heterocycles. The number of likely N-dealkylation sites (N-methyl/N-ethyl adjacent to an activating group) is 1. The lowest BCUT2D eigenvalue weighted by atomic mass is 9.99. The number of aromatic nitrogens is 4. The zero-order valence-corrected chi connectivity index (χ0v) is 16.5. The van der Waals surface area contributed by atoms with Gasteiger partial charge < -0.3 is 15.0 Å². The van der Waals surface area contributed by atoms with Crippen molar-refractivity contribution in [2.24, 2.45) is 0 Å². The van der Waals surface area contributed by atoms with Crippen LogP contribution in [0.15, 0.2) is 54.9 Å². The first-order valence-corrected chi connectivity index (χ1v) is 9.62. The van der Waals surface area contributed by atoms with Crippen molar-refractivity contribution in [1.29, 1.82) is 0 Å². The average Bonchev–Trinajstić information content (AvgIpc) is 3.17. The number of hydrogen-bond donors (Lipinski definition) is 1. The second-order valence-corrected chi connectivity index (χ2v) is 7.32. The van der Waals surface area contributed by atoms with Gasteiger partial charge in [0, 0.05) is 36.6 Å². The van der Waals surface area contributed by atoms with E-state index in [1.165, 1.54) is 11.1 Å². The lowest BCUT2D eigenvalue weighted by Crippen LogP contribution is -2.26. The third-order valence-electron chi connectivity index (χ3n) is 5.31. The van der Waals surface area contributed by atoms with E-state index in [9.17, 15) is 0 Å². The van der Waals surface area contributed by atoms with Gasteiger partial charge in [0.1, 0.15) is 0 Å². The molecule has 1 aliphatic heterocycles. The monoisotopic (exact) mass is 386 g/mol. The number of pyridine rings is 1. The number of anilines is 2. The molecule has 1 N–H and O–H groups in total. The molecule has 0 unspecified atom stereocenters. The summed E-state index contributed by atoms with van der Waals surface area (Å²) >= 11 is 0. The van der Waals surface area contributed by atoms with Gasteiger partial charge in [-0.3, -0.25) is 0 Å². The van der Waals surface area contributed by atoms with Crippen LogP contribution in [0.2, 0.25) is 0 Å². The number of benzene rings is 1. The molecule has 0 spiro atoms. The minimum atomic E-state index is 0.556. The summed E-state index contributed by atoms with van der Waals surface area (Å²) in [6.07, 6.45) is 4.70. The van der Waals surface area contributed by atoms with Crippen LogP contribution in [-0.4, -0.2) is 45.2 Å². The topological polar surface area (TPSA) is 67.6 Å². The van der Waals surface area contributed by atoms with Crippen molar-refractivity contribution in [2.75, 3.05) is 26.0 Å². The Balaban J connectivity index is 1.46. The van der Waals surface area contributed by atoms with Gasteiger partial charge in [0.15, 0.2) is 0 Å². The maximum absolute atomic E-state index is 5.15. The van der Waals surface area contributed by atoms with E-state index in [2.05, 4.69) is 45.4 Å². The first kappa shape index (κ1) is 17.6. The summed E-state index contributed by atoms with van der Waals surface area (Å²) in [5, 5.41) is 8.05. The van der Waals surface area contributed by atoms with E-state index < -0.39 is 0 Å². The maximum atomic E-state index is 5.15. The average molecular weight is 386 g/mol. The number of rotatable bonds is 4. The van der Waals surface area contributed by atoms with Crippen molar-refractivity contribution in [3.8, 4) is 17.1 Å². The van der Waals surface area contributed by atoms with Crippen LogP contribution in [0.4, 0.5) is 11.6 Å². The van der Waals surface area contributed by atoms with Crippen LogP contribution >= 0.6 is 0 Å². The van der Waals surface area contributed by atoms with E-state index in [1.54, 1.807) is 13.3 Å². The molecule has 0 fully saturated rings. The van der Waals surface area contributed by atoms with Crippen LogP contribution in [0.3, 0.4) is 0 Å². The Morgan fingerprint density at radius 1 is 1.00 bits per heavy atom. The zero-order valence-electron chi connectivity index (χ0n) is 16.5. The Bertz CT molecular complexity index is 1170. The Morgan fingerprint density at radius 3 is 2.76 bits per heavy atom. The van der Waals surface area contributed by atoms with Gasteiger partial charge in [-0.2, -0.15) is 0 Å². The third kappa shape index (κ3) is 3.40. The highest BCUT2D eigenvalue weighted by Gasteiger charge is 2.14. The van der Waals surface area contributed by atoms with Crippen molar-refractivity contribution in [3.05, 3.63) is 66.0 Å². The number of methoxy groups -OCH3 is 1. The molecular formula is C22H22N6O. The SMILES string of the molecule is COc1ccc(-c2ccc3cnc(Nc4ccc5c(c4)CN(C)CC5)nn23)cn1. The second-order valence-electron chi connectivity index (χ2n) is 7.32. The molecule has 0 atom stereocenters. The summed E-state index contributed by atoms with van der Waals surface area (Å²) in [6, 6.07) is 14.3. The van der Waals surface area contributed by atoms with Crippen LogP contribution < -0.4 is 10.1 Å². The van der Waals surface area contributed by atoms with Crippen LogP contribution in [-0.2, 0) is 13.0 Å². The number of fused-ring (bicyclic) bond motifs is 2. The third-order valence-corrected chi connectivity index (χ3v) is 5.31. The van der Waals surface area contributed by atoms with Gasteiger partial charge in [-0.1, -0.05) is 6.07 Å². The highest BCUT2D eigenvalue weighted by Crippen LogP contribution is 2.25. The van der Waals surface area contributed by atoms with Gasteiger partial charge in [-0.15, -0.1) is 5.10 Å². The van der Waals surface area contributed by atoms with Crippen molar-refractivity contribution < 1.29 is 4.74 Å². The summed E-state index contributed by atoms with van der Waals surface area (Å²) in [4.78, 5) is 11.1. The number of nitrogens with one attached hydrogen (secondary N) is 1. The standard InChI is InChI=1S/C22H22N6O/c1-27-10-9-15-3-5-18(11-17(15)14-27)25-22-24-13-19-6-7-20(28(19)26-22)16-4-8-21(29-2)23-12-16/h3-8,11-13H,9-10,14H2,1-2H3,(H,25,26). The van der Waals surface area contributed by atoms with Crippen molar-refractivity contribution in [1.82, 2.24) is 24.5 Å². The largest absolute Gasteiger partial charge is 0.481 e. The fraction of sp³-hybridized carbons (Fsp3) is 0.227. The van der Waals surface area contributed by atoms with Gasteiger partial charge >= 0.3 is 0 Å². The van der Waals surface area contributed by atoms with Gasteiger partial charge in [0.05, 0.1) is 24.5 Å². The van der Waals surface area contributed by atoms with Gasteiger partial charge in [-0.25, -0.2) is 14.5 Å². The summed E-state index contributed by atoms with van der Waals surface area (Å²) in [6.45, 7) is 2.08. The number of hydrogen-bond acceptors (Lipinski definition) is 6. The van der Waals surface area contributed by atoms with Crippen LogP contribution in [0, 0.1) is 0 Å². The lowest BCUT2D eigenvalue weighted by molar-refractivity contribution is 0.313.